The molecule has 3 unspecified atom stereocenters. The molecular weight excluding hydrogens is 869 g/mol. The minimum absolute atomic E-state index is 0.0513. The van der Waals surface area contributed by atoms with Crippen molar-refractivity contribution in [3.05, 3.63) is 65.9 Å². The largest absolute Gasteiger partial charge is 0.488 e. The lowest BCUT2D eigenvalue weighted by atomic mass is 9.78. The number of ether oxygens (including phenoxy) is 5. The summed E-state index contributed by atoms with van der Waals surface area (Å²) in [6, 6.07) is 12.3. The third-order valence-corrected chi connectivity index (χ3v) is 16.5. The fourth-order valence-electron chi connectivity index (χ4n) is 13.8. The van der Waals surface area contributed by atoms with Crippen molar-refractivity contribution in [2.45, 2.75) is 145 Å². The van der Waals surface area contributed by atoms with E-state index in [1.165, 1.54) is 14.2 Å². The summed E-state index contributed by atoms with van der Waals surface area (Å²) in [5.74, 6) is 1.76. The van der Waals surface area contributed by atoms with Gasteiger partial charge in [-0.3, -0.25) is 9.59 Å². The summed E-state index contributed by atoms with van der Waals surface area (Å²) in [5, 5.41) is 7.71. The number of H-pyrrole nitrogens is 2. The normalized spacial score (nSPS) is 33.7. The van der Waals surface area contributed by atoms with Crippen LogP contribution in [0.1, 0.15) is 108 Å². The molecule has 7 aliphatic heterocycles. The van der Waals surface area contributed by atoms with Gasteiger partial charge in [0.25, 0.3) is 0 Å². The number of nitrogens with one attached hydrogen (secondary N) is 4. The Hall–Kier alpha value is -6.20. The zero-order chi connectivity index (χ0) is 47.0. The summed E-state index contributed by atoms with van der Waals surface area (Å²) in [4.78, 5) is 75.2. The summed E-state index contributed by atoms with van der Waals surface area (Å²) in [7, 11) is 2.64. The fourth-order valence-corrected chi connectivity index (χ4v) is 13.8. The van der Waals surface area contributed by atoms with Crippen LogP contribution in [-0.2, 0) is 35.1 Å². The van der Waals surface area contributed by atoms with Gasteiger partial charge in [-0.05, 0) is 137 Å². The summed E-state index contributed by atoms with van der Waals surface area (Å²) >= 11 is 0. The van der Waals surface area contributed by atoms with Gasteiger partial charge in [-0.15, -0.1) is 0 Å². The number of hydrogen-bond donors (Lipinski definition) is 4. The third kappa shape index (κ3) is 6.69. The Labute approximate surface area is 393 Å². The maximum absolute atomic E-state index is 14.6. The van der Waals surface area contributed by atoms with Crippen LogP contribution < -0.4 is 15.4 Å². The molecule has 12 atom stereocenters. The minimum atomic E-state index is -0.726. The smallest absolute Gasteiger partial charge is 0.407 e. The molecule has 0 saturated carbocycles. The van der Waals surface area contributed by atoms with E-state index in [1.54, 1.807) is 0 Å². The molecule has 4 amide bonds. The van der Waals surface area contributed by atoms with E-state index in [4.69, 9.17) is 33.7 Å². The van der Waals surface area contributed by atoms with Gasteiger partial charge in [-0.1, -0.05) is 18.2 Å². The summed E-state index contributed by atoms with van der Waals surface area (Å²) in [5.41, 5.74) is 5.43. The molecule has 17 heteroatoms. The number of fused-ring (bicyclic) bond motifs is 14. The number of imidazole rings is 2. The quantitative estimate of drug-likeness (QED) is 0.137. The maximum atomic E-state index is 14.6. The van der Waals surface area contributed by atoms with Gasteiger partial charge in [0.05, 0.1) is 84.7 Å². The zero-order valence-corrected chi connectivity index (χ0v) is 39.2. The molecule has 0 aliphatic carbocycles. The maximum Gasteiger partial charge on any atom is 0.407 e. The van der Waals surface area contributed by atoms with Gasteiger partial charge in [-0.2, -0.15) is 0 Å². The van der Waals surface area contributed by atoms with E-state index in [9.17, 15) is 19.2 Å². The summed E-state index contributed by atoms with van der Waals surface area (Å²) < 4.78 is 29.7. The van der Waals surface area contributed by atoms with Gasteiger partial charge in [0.15, 0.2) is 0 Å². The van der Waals surface area contributed by atoms with Crippen molar-refractivity contribution in [1.82, 2.24) is 40.4 Å². The Kier molecular flexibility index (Phi) is 9.93. The zero-order valence-electron chi connectivity index (χ0n) is 39.2. The highest BCUT2D eigenvalue weighted by Crippen LogP contribution is 2.52. The highest BCUT2D eigenvalue weighted by Gasteiger charge is 2.59. The Morgan fingerprint density at radius 2 is 1.38 bits per heavy atom. The van der Waals surface area contributed by atoms with E-state index >= 15 is 0 Å². The lowest BCUT2D eigenvalue weighted by molar-refractivity contribution is -0.156. The lowest BCUT2D eigenvalue weighted by Gasteiger charge is -2.45. The molecule has 356 valence electrons. The Bertz CT molecular complexity index is 2920. The number of benzene rings is 3. The molecule has 6 fully saturated rings. The molecule has 17 nitrogen and oxygen atoms in total. The molecule has 2 aromatic heterocycles. The van der Waals surface area contributed by atoms with Crippen molar-refractivity contribution in [1.29, 1.82) is 0 Å². The van der Waals surface area contributed by atoms with Crippen molar-refractivity contribution in [3.8, 4) is 28.1 Å². The second-order valence-corrected chi connectivity index (χ2v) is 20.8. The van der Waals surface area contributed by atoms with Crippen molar-refractivity contribution in [3.63, 3.8) is 0 Å². The van der Waals surface area contributed by atoms with Crippen LogP contribution in [0.15, 0.2) is 48.7 Å². The van der Waals surface area contributed by atoms with E-state index in [0.717, 1.165) is 68.3 Å². The topological polar surface area (TPSA) is 202 Å². The molecule has 5 aromatic rings. The predicted octanol–water partition coefficient (Wildman–Crippen LogP) is 7.35. The number of carbonyl (C=O) groups is 4. The molecule has 4 N–H and O–H groups in total. The number of hydrogen-bond acceptors (Lipinski definition) is 11. The SMILES string of the molecule is COC(=O)NC1C(=O)N2C(CC[C@H]2c2ncc(-c3ccc4c(c3)COc3cc5c(ccc6[nH]c([C@@H]7CC[C@H]8N7C(=O)[C@@H](NC(=O)OC)C7C[C@@H](C)O[C@]8(C)C7)nc65)cc3-4)[nH]2)[C@@]2(C)C[C@@H]1C[C@@H](C)O2. The lowest BCUT2D eigenvalue weighted by Crippen LogP contribution is -2.53. The first-order valence-corrected chi connectivity index (χ1v) is 24.2. The molecule has 9 heterocycles. The molecule has 0 radical (unpaired) electrons. The van der Waals surface area contributed by atoms with Crippen LogP contribution in [0.25, 0.3) is 44.2 Å². The highest BCUT2D eigenvalue weighted by atomic mass is 16.5. The van der Waals surface area contributed by atoms with Gasteiger partial charge >= 0.3 is 12.2 Å². The van der Waals surface area contributed by atoms with Crippen molar-refractivity contribution >= 4 is 45.8 Å². The van der Waals surface area contributed by atoms with E-state index in [0.29, 0.717) is 56.8 Å². The number of nitrogens with zero attached hydrogens (tertiary/aromatic N) is 4. The molecule has 68 heavy (non-hydrogen) atoms. The van der Waals surface area contributed by atoms with Gasteiger partial charge in [0.1, 0.15) is 36.1 Å². The van der Waals surface area contributed by atoms with Crippen LogP contribution in [0.2, 0.25) is 0 Å². The van der Waals surface area contributed by atoms with Crippen LogP contribution in [-0.4, -0.2) is 116 Å². The molecule has 12 rings (SSSR count). The van der Waals surface area contributed by atoms with Crippen molar-refractivity contribution < 1.29 is 42.9 Å². The number of carbonyl (C=O) groups excluding carboxylic acids is 4. The van der Waals surface area contributed by atoms with Crippen LogP contribution in [0.5, 0.6) is 5.75 Å². The van der Waals surface area contributed by atoms with Gasteiger partial charge in [-0.25, -0.2) is 19.6 Å². The van der Waals surface area contributed by atoms with E-state index in [2.05, 4.69) is 70.8 Å². The van der Waals surface area contributed by atoms with Crippen LogP contribution in [0, 0.1) is 11.8 Å². The molecule has 6 saturated heterocycles. The minimum Gasteiger partial charge on any atom is -0.488 e. The molecular formula is C51H58N8O9. The van der Waals surface area contributed by atoms with Gasteiger partial charge < -0.3 is 54.1 Å². The number of amides is 4. The number of methoxy groups -OCH3 is 2. The first-order valence-electron chi connectivity index (χ1n) is 24.2. The molecule has 7 aliphatic rings. The van der Waals surface area contributed by atoms with Gasteiger partial charge in [0.2, 0.25) is 11.8 Å². The number of aromatic nitrogens is 4. The molecule has 3 aromatic carbocycles. The first-order chi connectivity index (χ1) is 32.7. The van der Waals surface area contributed by atoms with Crippen LogP contribution in [0.4, 0.5) is 9.59 Å². The van der Waals surface area contributed by atoms with E-state index in [-0.39, 0.29) is 60.0 Å². The van der Waals surface area contributed by atoms with E-state index in [1.807, 2.05) is 35.9 Å². The Morgan fingerprint density at radius 3 is 2.00 bits per heavy atom. The number of aromatic amines is 2. The summed E-state index contributed by atoms with van der Waals surface area (Å²) in [6.07, 6.45) is 6.10. The van der Waals surface area contributed by atoms with Crippen molar-refractivity contribution in [2.75, 3.05) is 14.2 Å². The highest BCUT2D eigenvalue weighted by molar-refractivity contribution is 6.07. The van der Waals surface area contributed by atoms with Gasteiger partial charge in [0, 0.05) is 10.9 Å². The standard InChI is InChI=1S/C51H58N8O9/c1-24-15-28-20-50(3,67-24)39-13-11-36(58(39)46(60)41(28)56-48(62)64-5)44-52-22-35(54-44)27-7-9-31-30(17-27)23-66-38-19-32-26(18-33(31)38)8-10-34-43(32)55-45(53-34)37-12-14-40-51(4)21-29(16-25(2)68-51)42(47(61)59(37)40)57-49(63)65-6/h7-10,17-19,22,24-25,28-29,36-37,39-42H,11-16,20-21,23H2,1-6H3,(H,52,54)(H,53,55)(H,56,62)(H,57,63)/t24-,25-,28+,29?,36+,37+,39?,40-,41?,42+,50-,51-/m1/s1. The third-order valence-electron chi connectivity index (χ3n) is 16.5. The van der Waals surface area contributed by atoms with E-state index < -0.39 is 35.5 Å². The summed E-state index contributed by atoms with van der Waals surface area (Å²) in [6.45, 7) is 8.67. The number of rotatable bonds is 5. The number of alkyl carbamates (subject to hydrolysis) is 2. The van der Waals surface area contributed by atoms with Crippen molar-refractivity contribution in [2.24, 2.45) is 11.8 Å². The monoisotopic (exact) mass is 926 g/mol. The Balaban J connectivity index is 0.822. The average Bonchev–Trinajstić information content (AvgIpc) is 4.15. The second-order valence-electron chi connectivity index (χ2n) is 20.8. The molecule has 0 spiro atoms. The first kappa shape index (κ1) is 43.1. The fraction of sp³-hybridized carbons (Fsp3) is 0.529. The van der Waals surface area contributed by atoms with Crippen LogP contribution in [0.3, 0.4) is 0 Å². The predicted molar refractivity (Wildman–Crippen MR) is 248 cm³/mol. The second kappa shape index (κ2) is 15.7. The average molecular weight is 927 g/mol. The molecule has 4 bridgehead atoms. The van der Waals surface area contributed by atoms with Crippen LogP contribution >= 0.6 is 0 Å². The Morgan fingerprint density at radius 1 is 0.765 bits per heavy atom.